The predicted octanol–water partition coefficient (Wildman–Crippen LogP) is 3.98. The molecular weight excluding hydrogens is 232 g/mol. The first-order chi connectivity index (χ1) is 9.08. The maximum Gasteiger partial charge on any atom is 0.0334 e. The zero-order chi connectivity index (χ0) is 14.3. The SMILES string of the molecule is C=C(CC)CC(NCC)C(C)(CC)N1CCCCC1. The van der Waals surface area contributed by atoms with Crippen LogP contribution in [0.3, 0.4) is 0 Å². The summed E-state index contributed by atoms with van der Waals surface area (Å²) in [5.74, 6) is 0. The van der Waals surface area contributed by atoms with Crippen molar-refractivity contribution in [3.05, 3.63) is 12.2 Å². The summed E-state index contributed by atoms with van der Waals surface area (Å²) in [6.45, 7) is 17.0. The zero-order valence-corrected chi connectivity index (χ0v) is 13.6. The van der Waals surface area contributed by atoms with Crippen LogP contribution in [-0.2, 0) is 0 Å². The molecule has 0 bridgehead atoms. The minimum atomic E-state index is 0.272. The largest absolute Gasteiger partial charge is 0.312 e. The van der Waals surface area contributed by atoms with Crippen LogP contribution in [0.1, 0.15) is 66.2 Å². The summed E-state index contributed by atoms with van der Waals surface area (Å²) in [5.41, 5.74) is 1.65. The number of nitrogens with zero attached hydrogens (tertiary/aromatic N) is 1. The fraction of sp³-hybridized carbons (Fsp3) is 0.882. The van der Waals surface area contributed by atoms with Crippen LogP contribution in [0, 0.1) is 0 Å². The van der Waals surface area contributed by atoms with Crippen LogP contribution in [-0.4, -0.2) is 36.1 Å². The highest BCUT2D eigenvalue weighted by atomic mass is 15.2. The molecule has 1 heterocycles. The smallest absolute Gasteiger partial charge is 0.0334 e. The second kappa shape index (κ2) is 8.06. The Labute approximate surface area is 120 Å². The molecule has 1 saturated heterocycles. The Balaban J connectivity index is 2.82. The fourth-order valence-corrected chi connectivity index (χ4v) is 3.29. The van der Waals surface area contributed by atoms with E-state index in [2.05, 4.69) is 44.5 Å². The van der Waals surface area contributed by atoms with E-state index in [0.29, 0.717) is 6.04 Å². The van der Waals surface area contributed by atoms with Gasteiger partial charge in [-0.2, -0.15) is 0 Å². The van der Waals surface area contributed by atoms with E-state index in [1.165, 1.54) is 44.3 Å². The molecule has 1 fully saturated rings. The molecule has 0 radical (unpaired) electrons. The number of piperidine rings is 1. The van der Waals surface area contributed by atoms with Gasteiger partial charge in [-0.3, -0.25) is 4.90 Å². The van der Waals surface area contributed by atoms with E-state index in [1.54, 1.807) is 0 Å². The molecule has 1 aliphatic rings. The molecule has 19 heavy (non-hydrogen) atoms. The Morgan fingerprint density at radius 1 is 1.21 bits per heavy atom. The molecule has 112 valence electrons. The number of hydrogen-bond acceptors (Lipinski definition) is 2. The maximum atomic E-state index is 4.23. The molecule has 0 saturated carbocycles. The maximum absolute atomic E-state index is 4.23. The van der Waals surface area contributed by atoms with Crippen molar-refractivity contribution in [2.75, 3.05) is 19.6 Å². The second-order valence-electron chi connectivity index (χ2n) is 6.18. The summed E-state index contributed by atoms with van der Waals surface area (Å²) in [5, 5.41) is 3.73. The summed E-state index contributed by atoms with van der Waals surface area (Å²) < 4.78 is 0. The highest BCUT2D eigenvalue weighted by Gasteiger charge is 2.38. The quantitative estimate of drug-likeness (QED) is 0.669. The molecule has 0 spiro atoms. The minimum Gasteiger partial charge on any atom is -0.312 e. The molecule has 0 aromatic rings. The average molecular weight is 266 g/mol. The van der Waals surface area contributed by atoms with Crippen molar-refractivity contribution in [1.29, 1.82) is 0 Å². The summed E-state index contributed by atoms with van der Waals surface area (Å²) in [7, 11) is 0. The van der Waals surface area contributed by atoms with E-state index in [1.807, 2.05) is 0 Å². The van der Waals surface area contributed by atoms with Gasteiger partial charge in [0.2, 0.25) is 0 Å². The van der Waals surface area contributed by atoms with Gasteiger partial charge in [-0.15, -0.1) is 0 Å². The Hall–Kier alpha value is -0.340. The molecule has 1 N–H and O–H groups in total. The number of nitrogens with one attached hydrogen (secondary N) is 1. The van der Waals surface area contributed by atoms with Crippen LogP contribution in [0.5, 0.6) is 0 Å². The van der Waals surface area contributed by atoms with E-state index < -0.39 is 0 Å². The zero-order valence-electron chi connectivity index (χ0n) is 13.6. The van der Waals surface area contributed by atoms with Gasteiger partial charge in [0.15, 0.2) is 0 Å². The summed E-state index contributed by atoms with van der Waals surface area (Å²) in [4.78, 5) is 2.73. The summed E-state index contributed by atoms with van der Waals surface area (Å²) in [6, 6.07) is 0.535. The van der Waals surface area contributed by atoms with Crippen molar-refractivity contribution in [2.45, 2.75) is 77.8 Å². The Kier molecular flexibility index (Phi) is 7.09. The number of rotatable bonds is 8. The molecule has 1 rings (SSSR count). The minimum absolute atomic E-state index is 0.272. The third-order valence-corrected chi connectivity index (χ3v) is 4.99. The highest BCUT2D eigenvalue weighted by Crippen LogP contribution is 2.30. The number of hydrogen-bond donors (Lipinski definition) is 1. The van der Waals surface area contributed by atoms with E-state index in [9.17, 15) is 0 Å². The fourth-order valence-electron chi connectivity index (χ4n) is 3.29. The number of likely N-dealkylation sites (N-methyl/N-ethyl adjacent to an activating group) is 1. The lowest BCUT2D eigenvalue weighted by atomic mass is 9.82. The first-order valence-electron chi connectivity index (χ1n) is 8.23. The second-order valence-corrected chi connectivity index (χ2v) is 6.18. The lowest BCUT2D eigenvalue weighted by Crippen LogP contribution is -2.60. The van der Waals surface area contributed by atoms with Crippen molar-refractivity contribution < 1.29 is 0 Å². The van der Waals surface area contributed by atoms with Crippen LogP contribution < -0.4 is 5.32 Å². The van der Waals surface area contributed by atoms with Crippen LogP contribution >= 0.6 is 0 Å². The molecular formula is C17H34N2. The van der Waals surface area contributed by atoms with Crippen molar-refractivity contribution in [1.82, 2.24) is 10.2 Å². The van der Waals surface area contributed by atoms with Crippen molar-refractivity contribution in [3.8, 4) is 0 Å². The van der Waals surface area contributed by atoms with Gasteiger partial charge >= 0.3 is 0 Å². The normalized spacial score (nSPS) is 21.9. The molecule has 2 unspecified atom stereocenters. The van der Waals surface area contributed by atoms with Crippen molar-refractivity contribution >= 4 is 0 Å². The molecule has 0 aromatic heterocycles. The van der Waals surface area contributed by atoms with Crippen LogP contribution in [0.2, 0.25) is 0 Å². The highest BCUT2D eigenvalue weighted by molar-refractivity contribution is 5.05. The van der Waals surface area contributed by atoms with Gasteiger partial charge < -0.3 is 5.32 Å². The van der Waals surface area contributed by atoms with E-state index in [-0.39, 0.29) is 5.54 Å². The molecule has 1 aliphatic heterocycles. The number of likely N-dealkylation sites (tertiary alicyclic amines) is 1. The lowest BCUT2D eigenvalue weighted by Gasteiger charge is -2.48. The Morgan fingerprint density at radius 2 is 1.84 bits per heavy atom. The molecule has 2 atom stereocenters. The molecule has 0 aromatic carbocycles. The van der Waals surface area contributed by atoms with Gasteiger partial charge in [0, 0.05) is 11.6 Å². The van der Waals surface area contributed by atoms with Crippen LogP contribution in [0.15, 0.2) is 12.2 Å². The van der Waals surface area contributed by atoms with Gasteiger partial charge in [0.25, 0.3) is 0 Å². The Bertz CT molecular complexity index is 268. The predicted molar refractivity (Wildman–Crippen MR) is 85.6 cm³/mol. The van der Waals surface area contributed by atoms with E-state index in [0.717, 1.165) is 19.4 Å². The van der Waals surface area contributed by atoms with Crippen LogP contribution in [0.4, 0.5) is 0 Å². The van der Waals surface area contributed by atoms with Gasteiger partial charge in [-0.05, 0) is 58.7 Å². The van der Waals surface area contributed by atoms with Gasteiger partial charge in [0.1, 0.15) is 0 Å². The van der Waals surface area contributed by atoms with Crippen LogP contribution in [0.25, 0.3) is 0 Å². The first kappa shape index (κ1) is 16.7. The summed E-state index contributed by atoms with van der Waals surface area (Å²) >= 11 is 0. The monoisotopic (exact) mass is 266 g/mol. The molecule has 2 heteroatoms. The van der Waals surface area contributed by atoms with Gasteiger partial charge in [0.05, 0.1) is 0 Å². The summed E-state index contributed by atoms with van der Waals surface area (Å²) in [6.07, 6.45) is 7.56. The third kappa shape index (κ3) is 4.32. The molecule has 0 aliphatic carbocycles. The van der Waals surface area contributed by atoms with Crippen molar-refractivity contribution in [2.24, 2.45) is 0 Å². The first-order valence-corrected chi connectivity index (χ1v) is 8.23. The third-order valence-electron chi connectivity index (χ3n) is 4.99. The van der Waals surface area contributed by atoms with E-state index >= 15 is 0 Å². The molecule has 0 amide bonds. The van der Waals surface area contributed by atoms with Gasteiger partial charge in [-0.25, -0.2) is 0 Å². The topological polar surface area (TPSA) is 15.3 Å². The standard InChI is InChI=1S/C17H34N2/c1-6-15(4)14-16(18-8-3)17(5,7-2)19-12-10-9-11-13-19/h16,18H,4,6-14H2,1-3,5H3. The van der Waals surface area contributed by atoms with Crippen molar-refractivity contribution in [3.63, 3.8) is 0 Å². The Morgan fingerprint density at radius 3 is 2.32 bits per heavy atom. The molecule has 2 nitrogen and oxygen atoms in total. The van der Waals surface area contributed by atoms with E-state index in [4.69, 9.17) is 0 Å². The lowest BCUT2D eigenvalue weighted by molar-refractivity contribution is 0.0433. The van der Waals surface area contributed by atoms with Gasteiger partial charge in [-0.1, -0.05) is 39.3 Å². The average Bonchev–Trinajstić information content (AvgIpc) is 2.46.